The summed E-state index contributed by atoms with van der Waals surface area (Å²) in [5.74, 6) is 0.181. The van der Waals surface area contributed by atoms with E-state index in [0.29, 0.717) is 11.2 Å². The van der Waals surface area contributed by atoms with Crippen molar-refractivity contribution in [2.45, 2.75) is 43.5 Å². The van der Waals surface area contributed by atoms with Crippen molar-refractivity contribution in [1.82, 2.24) is 19.5 Å². The van der Waals surface area contributed by atoms with Crippen LogP contribution in [0.1, 0.15) is 19.1 Å². The van der Waals surface area contributed by atoms with Gasteiger partial charge in [-0.25, -0.2) is 19.5 Å². The SMILES string of the molecule is N=CCC(O)[C@H](O)COP(=O)(O)OC1C[C@H](n2cnc3c(N)ncnc32)O[C@@H]1CO. The summed E-state index contributed by atoms with van der Waals surface area (Å²) < 4.78 is 29.4. The number of aromatic nitrogens is 4. The van der Waals surface area contributed by atoms with Crippen molar-refractivity contribution in [2.75, 3.05) is 18.9 Å². The summed E-state index contributed by atoms with van der Waals surface area (Å²) in [4.78, 5) is 22.0. The largest absolute Gasteiger partial charge is 0.472 e. The Kier molecular flexibility index (Phi) is 7.10. The summed E-state index contributed by atoms with van der Waals surface area (Å²) in [7, 11) is -4.65. The summed E-state index contributed by atoms with van der Waals surface area (Å²) >= 11 is 0. The maximum atomic E-state index is 12.2. The molecule has 0 radical (unpaired) electrons. The van der Waals surface area contributed by atoms with E-state index < -0.39 is 51.7 Å². The average Bonchev–Trinajstić information content (AvgIpc) is 3.30. The molecule has 0 aromatic carbocycles. The number of phosphoric ester groups is 1. The first-order chi connectivity index (χ1) is 14.3. The summed E-state index contributed by atoms with van der Waals surface area (Å²) in [5, 5.41) is 35.7. The number of anilines is 1. The molecule has 0 spiro atoms. The average molecular weight is 446 g/mol. The quantitative estimate of drug-likeness (QED) is 0.190. The number of rotatable bonds is 10. The highest BCUT2D eigenvalue weighted by molar-refractivity contribution is 7.47. The lowest BCUT2D eigenvalue weighted by Crippen LogP contribution is -2.31. The predicted octanol–water partition coefficient (Wildman–Crippen LogP) is -1.05. The van der Waals surface area contributed by atoms with Crippen molar-refractivity contribution in [3.63, 3.8) is 0 Å². The van der Waals surface area contributed by atoms with Gasteiger partial charge >= 0.3 is 7.82 Å². The lowest BCUT2D eigenvalue weighted by atomic mass is 10.2. The number of fused-ring (bicyclic) bond motifs is 1. The third-order valence-electron chi connectivity index (χ3n) is 4.54. The Bertz CT molecular complexity index is 928. The zero-order valence-electron chi connectivity index (χ0n) is 15.7. The zero-order valence-corrected chi connectivity index (χ0v) is 16.6. The number of hydrogen-bond acceptors (Lipinski definition) is 12. The van der Waals surface area contributed by atoms with Crippen molar-refractivity contribution in [3.05, 3.63) is 12.7 Å². The van der Waals surface area contributed by atoms with Crippen LogP contribution in [0.5, 0.6) is 0 Å². The fourth-order valence-electron chi connectivity index (χ4n) is 2.99. The maximum Gasteiger partial charge on any atom is 0.472 e. The highest BCUT2D eigenvalue weighted by Crippen LogP contribution is 2.48. The number of phosphoric acid groups is 1. The molecule has 1 fully saturated rings. The number of hydrogen-bond donors (Lipinski definition) is 6. The van der Waals surface area contributed by atoms with Crippen molar-refractivity contribution in [1.29, 1.82) is 5.41 Å². The Morgan fingerprint density at radius 2 is 2.17 bits per heavy atom. The van der Waals surface area contributed by atoms with Crippen molar-refractivity contribution in [3.8, 4) is 0 Å². The molecule has 30 heavy (non-hydrogen) atoms. The first-order valence-electron chi connectivity index (χ1n) is 8.96. The highest BCUT2D eigenvalue weighted by atomic mass is 31.2. The van der Waals surface area contributed by atoms with Crippen molar-refractivity contribution in [2.24, 2.45) is 0 Å². The Balaban J connectivity index is 1.66. The summed E-state index contributed by atoms with van der Waals surface area (Å²) in [6, 6.07) is 0. The van der Waals surface area contributed by atoms with Gasteiger partial charge in [-0.05, 0) is 6.21 Å². The number of ether oxygens (including phenoxy) is 1. The standard InChI is InChI=1S/C15H23N6O8P/c16-2-1-8(23)9(24)5-27-30(25,26)29-10-3-12(28-11(10)4-22)21-7-20-13-14(17)18-6-19-15(13)21/h2,6-12,16,22-24H,1,3-5H2,(H,25,26)(H2,17,18,19)/t8?,9-,10?,11-,12-/m1/s1. The number of nitrogens with two attached hydrogens (primary N) is 1. The number of nitrogen functional groups attached to an aromatic ring is 1. The molecular formula is C15H23N6O8P. The summed E-state index contributed by atoms with van der Waals surface area (Å²) in [5.41, 5.74) is 6.51. The van der Waals surface area contributed by atoms with Gasteiger partial charge in [0.25, 0.3) is 0 Å². The first kappa shape index (κ1) is 22.7. The molecule has 3 heterocycles. The Labute approximate surface area is 170 Å². The molecule has 3 unspecified atom stereocenters. The highest BCUT2D eigenvalue weighted by Gasteiger charge is 2.42. The molecule has 0 amide bonds. The minimum atomic E-state index is -4.65. The number of imidazole rings is 1. The molecule has 14 nitrogen and oxygen atoms in total. The number of aliphatic hydroxyl groups is 3. The van der Waals surface area contributed by atoms with Crippen LogP contribution in [0.25, 0.3) is 11.2 Å². The molecule has 2 aromatic rings. The lowest BCUT2D eigenvalue weighted by Gasteiger charge is -2.22. The third-order valence-corrected chi connectivity index (χ3v) is 5.55. The fourth-order valence-corrected chi connectivity index (χ4v) is 3.95. The number of aliphatic hydroxyl groups excluding tert-OH is 3. The van der Waals surface area contributed by atoms with E-state index in [4.69, 9.17) is 24.9 Å². The van der Waals surface area contributed by atoms with Gasteiger partial charge in [-0.3, -0.25) is 13.6 Å². The second-order valence-corrected chi connectivity index (χ2v) is 8.02. The molecule has 2 aromatic heterocycles. The number of nitrogens with one attached hydrogen (secondary N) is 1. The summed E-state index contributed by atoms with van der Waals surface area (Å²) in [6.07, 6.45) is -1.99. The lowest BCUT2D eigenvalue weighted by molar-refractivity contribution is -0.0477. The smallest absolute Gasteiger partial charge is 0.394 e. The maximum absolute atomic E-state index is 12.2. The van der Waals surface area contributed by atoms with Gasteiger partial charge in [0.2, 0.25) is 0 Å². The predicted molar refractivity (Wildman–Crippen MR) is 101 cm³/mol. The van der Waals surface area contributed by atoms with Gasteiger partial charge in [0.15, 0.2) is 11.5 Å². The molecule has 3 rings (SSSR count). The molecule has 0 saturated carbocycles. The van der Waals surface area contributed by atoms with E-state index in [1.165, 1.54) is 12.7 Å². The molecule has 0 bridgehead atoms. The molecule has 6 atom stereocenters. The topological polar surface area (TPSA) is 219 Å². The molecule has 7 N–H and O–H groups in total. The van der Waals surface area contributed by atoms with Gasteiger partial charge in [-0.2, -0.15) is 0 Å². The van der Waals surface area contributed by atoms with E-state index >= 15 is 0 Å². The van der Waals surface area contributed by atoms with Gasteiger partial charge in [0, 0.05) is 12.8 Å². The van der Waals surface area contributed by atoms with Crippen LogP contribution in [0.4, 0.5) is 5.82 Å². The van der Waals surface area contributed by atoms with Crippen LogP contribution in [0.15, 0.2) is 12.7 Å². The Hall–Kier alpha value is -2.03. The van der Waals surface area contributed by atoms with E-state index in [9.17, 15) is 24.8 Å². The van der Waals surface area contributed by atoms with Crippen molar-refractivity contribution < 1.29 is 38.6 Å². The zero-order chi connectivity index (χ0) is 21.9. The summed E-state index contributed by atoms with van der Waals surface area (Å²) in [6.45, 7) is -1.18. The molecule has 1 aliphatic heterocycles. The van der Waals surface area contributed by atoms with Crippen LogP contribution in [-0.4, -0.2) is 83.6 Å². The molecular weight excluding hydrogens is 423 g/mol. The first-order valence-corrected chi connectivity index (χ1v) is 10.5. The van der Waals surface area contributed by atoms with Crippen LogP contribution in [-0.2, 0) is 18.3 Å². The molecule has 1 saturated heterocycles. The van der Waals surface area contributed by atoms with E-state index in [2.05, 4.69) is 15.0 Å². The minimum Gasteiger partial charge on any atom is -0.394 e. The van der Waals surface area contributed by atoms with Gasteiger partial charge < -0.3 is 36.1 Å². The molecule has 15 heteroatoms. The van der Waals surface area contributed by atoms with Crippen LogP contribution >= 0.6 is 7.82 Å². The van der Waals surface area contributed by atoms with E-state index in [1.807, 2.05) is 0 Å². The normalized spacial score (nSPS) is 25.8. The van der Waals surface area contributed by atoms with E-state index in [0.717, 1.165) is 6.21 Å². The van der Waals surface area contributed by atoms with Gasteiger partial charge in [0.05, 0.1) is 25.6 Å². The van der Waals surface area contributed by atoms with Crippen LogP contribution in [0, 0.1) is 5.41 Å². The second kappa shape index (κ2) is 9.41. The van der Waals surface area contributed by atoms with E-state index in [-0.39, 0.29) is 18.7 Å². The second-order valence-electron chi connectivity index (χ2n) is 6.61. The van der Waals surface area contributed by atoms with Crippen LogP contribution in [0.2, 0.25) is 0 Å². The molecule has 1 aliphatic rings. The Morgan fingerprint density at radius 1 is 1.40 bits per heavy atom. The minimum absolute atomic E-state index is 0.0630. The van der Waals surface area contributed by atoms with Gasteiger partial charge in [-0.15, -0.1) is 0 Å². The van der Waals surface area contributed by atoms with Gasteiger partial charge in [-0.1, -0.05) is 0 Å². The number of nitrogens with zero attached hydrogens (tertiary/aromatic N) is 4. The molecule has 0 aliphatic carbocycles. The van der Waals surface area contributed by atoms with Gasteiger partial charge in [0.1, 0.15) is 36.4 Å². The van der Waals surface area contributed by atoms with Crippen LogP contribution in [0.3, 0.4) is 0 Å². The van der Waals surface area contributed by atoms with E-state index in [1.54, 1.807) is 4.57 Å². The van der Waals surface area contributed by atoms with Crippen molar-refractivity contribution >= 4 is 31.0 Å². The van der Waals surface area contributed by atoms with Crippen LogP contribution < -0.4 is 5.73 Å². The Morgan fingerprint density at radius 3 is 2.87 bits per heavy atom. The molecule has 166 valence electrons. The monoisotopic (exact) mass is 446 g/mol. The fraction of sp³-hybridized carbons (Fsp3) is 0.600. The third kappa shape index (κ3) is 4.99.